The smallest absolute Gasteiger partial charge is 0.269 e. The summed E-state index contributed by atoms with van der Waals surface area (Å²) >= 11 is 0. The fraction of sp³-hybridized carbons (Fsp3) is 0.292. The number of nitrogen functional groups attached to an aromatic ring is 1. The van der Waals surface area contributed by atoms with Crippen LogP contribution in [0.4, 0.5) is 10.1 Å². The minimum atomic E-state index is -0.662. The number of primary amides is 1. The Morgan fingerprint density at radius 2 is 2.00 bits per heavy atom. The number of nitrogens with zero attached hydrogens (tertiary/aromatic N) is 2. The number of carbonyl (C=O) groups is 2. The molecule has 2 aromatic carbocycles. The lowest BCUT2D eigenvalue weighted by atomic mass is 9.97. The van der Waals surface area contributed by atoms with E-state index in [9.17, 15) is 14.0 Å². The largest absolute Gasteiger partial charge is 0.395 e. The molecule has 1 aliphatic heterocycles. The van der Waals surface area contributed by atoms with Gasteiger partial charge in [-0.15, -0.1) is 0 Å². The number of aromatic nitrogens is 2. The predicted octanol–water partition coefficient (Wildman–Crippen LogP) is 2.82. The van der Waals surface area contributed by atoms with Crippen molar-refractivity contribution in [1.82, 2.24) is 15.1 Å². The molecule has 9 heteroatoms. The first-order valence-electron chi connectivity index (χ1n) is 10.7. The average Bonchev–Trinajstić information content (AvgIpc) is 3.17. The number of benzene rings is 2. The first-order valence-corrected chi connectivity index (χ1v) is 10.7. The molecule has 2 amide bonds. The lowest BCUT2D eigenvalue weighted by molar-refractivity contribution is 0.0794. The molecule has 0 bridgehead atoms. The molecule has 1 unspecified atom stereocenters. The Morgan fingerprint density at radius 3 is 2.67 bits per heavy atom. The minimum Gasteiger partial charge on any atom is -0.395 e. The topological polar surface area (TPSA) is 125 Å². The first kappa shape index (κ1) is 22.5. The Labute approximate surface area is 190 Å². The molecule has 0 radical (unpaired) electrons. The van der Waals surface area contributed by atoms with Gasteiger partial charge in [0.25, 0.3) is 11.8 Å². The van der Waals surface area contributed by atoms with Gasteiger partial charge in [0.15, 0.2) is 5.69 Å². The van der Waals surface area contributed by atoms with Crippen LogP contribution in [-0.4, -0.2) is 34.8 Å². The molecule has 0 aliphatic carbocycles. The molecular weight excluding hydrogens is 425 g/mol. The predicted molar refractivity (Wildman–Crippen MR) is 122 cm³/mol. The maximum atomic E-state index is 13.5. The van der Waals surface area contributed by atoms with Crippen LogP contribution >= 0.6 is 0 Å². The summed E-state index contributed by atoms with van der Waals surface area (Å²) in [5, 5.41) is 7.38. The maximum absolute atomic E-state index is 13.5. The van der Waals surface area contributed by atoms with Crippen molar-refractivity contribution in [2.24, 2.45) is 5.73 Å². The van der Waals surface area contributed by atoms with Gasteiger partial charge in [0.05, 0.1) is 23.7 Å². The molecule has 0 spiro atoms. The minimum absolute atomic E-state index is 0.0128. The summed E-state index contributed by atoms with van der Waals surface area (Å²) in [5.74, 6) is -1.46. The first-order chi connectivity index (χ1) is 15.8. The summed E-state index contributed by atoms with van der Waals surface area (Å²) in [6.07, 6.45) is 1.78. The van der Waals surface area contributed by atoms with Gasteiger partial charge in [-0.05, 0) is 55.2 Å². The van der Waals surface area contributed by atoms with Crippen molar-refractivity contribution in [1.29, 1.82) is 0 Å². The van der Waals surface area contributed by atoms with Crippen molar-refractivity contribution in [2.45, 2.75) is 32.2 Å². The van der Waals surface area contributed by atoms with Gasteiger partial charge in [0.2, 0.25) is 0 Å². The van der Waals surface area contributed by atoms with Gasteiger partial charge in [0.1, 0.15) is 5.82 Å². The van der Waals surface area contributed by atoms with E-state index >= 15 is 0 Å². The highest BCUT2D eigenvalue weighted by molar-refractivity contribution is 5.97. The molecule has 1 atom stereocenters. The zero-order chi connectivity index (χ0) is 23.5. The number of hydrogen-bond donors (Lipinski definition) is 3. The molecule has 4 rings (SSSR count). The van der Waals surface area contributed by atoms with Gasteiger partial charge < -0.3 is 21.5 Å². The van der Waals surface area contributed by atoms with E-state index in [-0.39, 0.29) is 29.8 Å². The van der Waals surface area contributed by atoms with E-state index < -0.39 is 11.7 Å². The maximum Gasteiger partial charge on any atom is 0.269 e. The molecule has 1 aromatic heterocycles. The Bertz CT molecular complexity index is 1180. The third-order valence-electron chi connectivity index (χ3n) is 5.81. The van der Waals surface area contributed by atoms with Crippen LogP contribution in [0.5, 0.6) is 0 Å². The average molecular weight is 452 g/mol. The van der Waals surface area contributed by atoms with Crippen molar-refractivity contribution in [2.75, 3.05) is 18.9 Å². The van der Waals surface area contributed by atoms with Crippen molar-refractivity contribution >= 4 is 17.5 Å². The van der Waals surface area contributed by atoms with Crippen molar-refractivity contribution in [3.8, 4) is 5.69 Å². The number of rotatable bonds is 6. The second-order valence-corrected chi connectivity index (χ2v) is 8.15. The van der Waals surface area contributed by atoms with Crippen molar-refractivity contribution in [3.05, 3.63) is 76.4 Å². The second kappa shape index (κ2) is 9.41. The fourth-order valence-corrected chi connectivity index (χ4v) is 4.00. The van der Waals surface area contributed by atoms with E-state index in [4.69, 9.17) is 16.2 Å². The summed E-state index contributed by atoms with van der Waals surface area (Å²) in [6, 6.07) is 11.3. The SMILES string of the molecule is Cc1ccc(F)cc1C(=O)NCc1ccc(-n2nc(C3CCCOC3)c(N)c2C(N)=O)cc1. The van der Waals surface area contributed by atoms with Crippen LogP contribution in [0.25, 0.3) is 5.69 Å². The third-order valence-corrected chi connectivity index (χ3v) is 5.81. The number of aryl methyl sites for hydroxylation is 1. The molecule has 8 nitrogen and oxygen atoms in total. The van der Waals surface area contributed by atoms with Crippen LogP contribution in [0, 0.1) is 12.7 Å². The van der Waals surface area contributed by atoms with Crippen LogP contribution in [0.1, 0.15) is 56.4 Å². The van der Waals surface area contributed by atoms with Crippen LogP contribution in [0.2, 0.25) is 0 Å². The van der Waals surface area contributed by atoms with E-state index in [1.165, 1.54) is 16.8 Å². The molecule has 1 saturated heterocycles. The summed E-state index contributed by atoms with van der Waals surface area (Å²) in [6.45, 7) is 3.21. The van der Waals surface area contributed by atoms with E-state index in [0.717, 1.165) is 18.4 Å². The lowest BCUT2D eigenvalue weighted by Gasteiger charge is -2.20. The molecule has 3 aromatic rings. The molecule has 172 valence electrons. The second-order valence-electron chi connectivity index (χ2n) is 8.15. The quantitative estimate of drug-likeness (QED) is 0.531. The van der Waals surface area contributed by atoms with Crippen molar-refractivity contribution in [3.63, 3.8) is 0 Å². The van der Waals surface area contributed by atoms with E-state index in [0.29, 0.717) is 35.7 Å². The summed E-state index contributed by atoms with van der Waals surface area (Å²) in [7, 11) is 0. The van der Waals surface area contributed by atoms with E-state index in [1.54, 1.807) is 37.3 Å². The Hall–Kier alpha value is -3.72. The standard InChI is InChI=1S/C24H26FN5O3/c1-14-4-7-17(25)11-19(14)24(32)28-12-15-5-8-18(9-6-15)30-22(23(27)31)20(26)21(29-30)16-3-2-10-33-13-16/h4-9,11,16H,2-3,10,12-13,26H2,1H3,(H2,27,31)(H,28,32). The third kappa shape index (κ3) is 4.73. The number of nitrogens with one attached hydrogen (secondary N) is 1. The molecule has 33 heavy (non-hydrogen) atoms. The Kier molecular flexibility index (Phi) is 6.41. The highest BCUT2D eigenvalue weighted by Gasteiger charge is 2.27. The Balaban J connectivity index is 1.52. The van der Waals surface area contributed by atoms with Gasteiger partial charge in [-0.25, -0.2) is 9.07 Å². The number of amides is 2. The van der Waals surface area contributed by atoms with Crippen LogP contribution < -0.4 is 16.8 Å². The zero-order valence-electron chi connectivity index (χ0n) is 18.3. The normalized spacial score (nSPS) is 15.9. The number of halogens is 1. The van der Waals surface area contributed by atoms with Gasteiger partial charge in [-0.3, -0.25) is 9.59 Å². The summed E-state index contributed by atoms with van der Waals surface area (Å²) in [5.41, 5.74) is 15.3. The van der Waals surface area contributed by atoms with Gasteiger partial charge in [0, 0.05) is 24.6 Å². The van der Waals surface area contributed by atoms with Crippen molar-refractivity contribution < 1.29 is 18.7 Å². The molecular formula is C24H26FN5O3. The van der Waals surface area contributed by atoms with Gasteiger partial charge >= 0.3 is 0 Å². The zero-order valence-corrected chi connectivity index (χ0v) is 18.3. The number of nitrogens with two attached hydrogens (primary N) is 2. The number of ether oxygens (including phenoxy) is 1. The highest BCUT2D eigenvalue weighted by atomic mass is 19.1. The molecule has 1 aliphatic rings. The lowest BCUT2D eigenvalue weighted by Crippen LogP contribution is -2.23. The monoisotopic (exact) mass is 451 g/mol. The molecule has 0 saturated carbocycles. The van der Waals surface area contributed by atoms with Crippen LogP contribution in [0.15, 0.2) is 42.5 Å². The molecule has 5 N–H and O–H groups in total. The van der Waals surface area contributed by atoms with Crippen LogP contribution in [0.3, 0.4) is 0 Å². The number of carbonyl (C=O) groups excluding carboxylic acids is 2. The highest BCUT2D eigenvalue weighted by Crippen LogP contribution is 2.32. The van der Waals surface area contributed by atoms with Crippen LogP contribution in [-0.2, 0) is 11.3 Å². The number of hydrogen-bond acceptors (Lipinski definition) is 5. The van der Waals surface area contributed by atoms with Gasteiger partial charge in [-0.1, -0.05) is 18.2 Å². The van der Waals surface area contributed by atoms with E-state index in [1.807, 2.05) is 0 Å². The summed E-state index contributed by atoms with van der Waals surface area (Å²) < 4.78 is 20.5. The molecule has 1 fully saturated rings. The fourth-order valence-electron chi connectivity index (χ4n) is 4.00. The summed E-state index contributed by atoms with van der Waals surface area (Å²) in [4.78, 5) is 24.5. The van der Waals surface area contributed by atoms with E-state index in [2.05, 4.69) is 10.4 Å². The number of anilines is 1. The van der Waals surface area contributed by atoms with Gasteiger partial charge in [-0.2, -0.15) is 5.10 Å². The molecule has 2 heterocycles. The Morgan fingerprint density at radius 1 is 1.24 bits per heavy atom.